The molecule has 0 spiro atoms. The van der Waals surface area contributed by atoms with Gasteiger partial charge in [0.15, 0.2) is 0 Å². The molecule has 0 N–H and O–H groups in total. The molecular weight excluding hydrogens is 316 g/mol. The lowest BCUT2D eigenvalue weighted by Crippen LogP contribution is -2.43. The van der Waals surface area contributed by atoms with E-state index in [1.54, 1.807) is 17.1 Å². The zero-order chi connectivity index (χ0) is 17.1. The Bertz CT molecular complexity index is 704. The first kappa shape index (κ1) is 16.3. The summed E-state index contributed by atoms with van der Waals surface area (Å²) in [6.07, 6.45) is 12.1. The number of aromatic nitrogens is 3. The quantitative estimate of drug-likeness (QED) is 0.840. The van der Waals surface area contributed by atoms with Crippen molar-refractivity contribution in [2.24, 2.45) is 0 Å². The van der Waals surface area contributed by atoms with Gasteiger partial charge in [0.1, 0.15) is 5.69 Å². The first-order valence-electron chi connectivity index (χ1n) is 9.20. The van der Waals surface area contributed by atoms with Crippen LogP contribution < -0.4 is 0 Å². The molecule has 2 aromatic rings. The van der Waals surface area contributed by atoms with Gasteiger partial charge in [0.05, 0.1) is 11.8 Å². The minimum atomic E-state index is 0.0106. The molecular formula is C19H24N4O2. The number of hydrogen-bond donors (Lipinski definition) is 0. The Balaban J connectivity index is 1.57. The smallest absolute Gasteiger partial charge is 0.272 e. The Kier molecular flexibility index (Phi) is 4.78. The van der Waals surface area contributed by atoms with Gasteiger partial charge in [-0.25, -0.2) is 4.68 Å². The minimum absolute atomic E-state index is 0.0106. The van der Waals surface area contributed by atoms with Crippen LogP contribution in [-0.4, -0.2) is 50.9 Å². The highest BCUT2D eigenvalue weighted by Gasteiger charge is 2.31. The maximum atomic E-state index is 13.2. The molecule has 1 aliphatic carbocycles. The fourth-order valence-electron chi connectivity index (χ4n) is 3.87. The number of carbonyl (C=O) groups excluding carboxylic acids is 1. The second-order valence-corrected chi connectivity index (χ2v) is 6.88. The Labute approximate surface area is 147 Å². The van der Waals surface area contributed by atoms with Crippen LogP contribution in [0.5, 0.6) is 0 Å². The van der Waals surface area contributed by atoms with Gasteiger partial charge in [-0.1, -0.05) is 12.8 Å². The van der Waals surface area contributed by atoms with Crippen molar-refractivity contribution in [2.45, 2.75) is 50.7 Å². The molecule has 3 heterocycles. The lowest BCUT2D eigenvalue weighted by molar-refractivity contribution is 0.0416. The van der Waals surface area contributed by atoms with E-state index >= 15 is 0 Å². The molecule has 2 fully saturated rings. The SMILES string of the molecule is O=C(c1cc(-n2cccn2)ccn1)N(C[C@@H]1CCCO1)C1CCCC1. The predicted octanol–water partition coefficient (Wildman–Crippen LogP) is 2.83. The lowest BCUT2D eigenvalue weighted by atomic mass is 10.1. The molecule has 1 amide bonds. The normalized spacial score (nSPS) is 20.9. The Morgan fingerprint density at radius 2 is 2.12 bits per heavy atom. The topological polar surface area (TPSA) is 60.2 Å². The molecule has 25 heavy (non-hydrogen) atoms. The molecule has 0 bridgehead atoms. The van der Waals surface area contributed by atoms with Gasteiger partial charge < -0.3 is 9.64 Å². The van der Waals surface area contributed by atoms with E-state index in [0.29, 0.717) is 18.3 Å². The van der Waals surface area contributed by atoms with E-state index in [4.69, 9.17) is 4.74 Å². The highest BCUT2D eigenvalue weighted by molar-refractivity contribution is 5.93. The number of nitrogens with zero attached hydrogens (tertiary/aromatic N) is 4. The van der Waals surface area contributed by atoms with Crippen molar-refractivity contribution in [1.29, 1.82) is 0 Å². The number of hydrogen-bond acceptors (Lipinski definition) is 4. The van der Waals surface area contributed by atoms with Gasteiger partial charge in [0, 0.05) is 37.8 Å². The Morgan fingerprint density at radius 3 is 2.84 bits per heavy atom. The van der Waals surface area contributed by atoms with Crippen molar-refractivity contribution in [3.8, 4) is 5.69 Å². The zero-order valence-corrected chi connectivity index (χ0v) is 14.4. The molecule has 6 heteroatoms. The molecule has 0 aromatic carbocycles. The van der Waals surface area contributed by atoms with E-state index in [1.165, 1.54) is 12.8 Å². The van der Waals surface area contributed by atoms with Gasteiger partial charge >= 0.3 is 0 Å². The second-order valence-electron chi connectivity index (χ2n) is 6.88. The first-order valence-corrected chi connectivity index (χ1v) is 9.20. The fourth-order valence-corrected chi connectivity index (χ4v) is 3.87. The van der Waals surface area contributed by atoms with E-state index in [-0.39, 0.29) is 12.0 Å². The van der Waals surface area contributed by atoms with Gasteiger partial charge in [-0.3, -0.25) is 9.78 Å². The maximum absolute atomic E-state index is 13.2. The van der Waals surface area contributed by atoms with Crippen LogP contribution in [0.2, 0.25) is 0 Å². The van der Waals surface area contributed by atoms with Gasteiger partial charge in [-0.05, 0) is 43.9 Å². The number of carbonyl (C=O) groups is 1. The summed E-state index contributed by atoms with van der Waals surface area (Å²) in [7, 11) is 0. The molecule has 6 nitrogen and oxygen atoms in total. The van der Waals surface area contributed by atoms with E-state index < -0.39 is 0 Å². The monoisotopic (exact) mass is 340 g/mol. The molecule has 1 atom stereocenters. The number of rotatable bonds is 5. The van der Waals surface area contributed by atoms with Crippen molar-refractivity contribution in [1.82, 2.24) is 19.7 Å². The van der Waals surface area contributed by atoms with Crippen LogP contribution in [0.1, 0.15) is 49.0 Å². The molecule has 0 radical (unpaired) electrons. The van der Waals surface area contributed by atoms with Crippen LogP contribution in [0, 0.1) is 0 Å². The van der Waals surface area contributed by atoms with Crippen LogP contribution >= 0.6 is 0 Å². The number of ether oxygens (including phenoxy) is 1. The van der Waals surface area contributed by atoms with Gasteiger partial charge in [-0.2, -0.15) is 5.10 Å². The van der Waals surface area contributed by atoms with Gasteiger partial charge in [0.2, 0.25) is 0 Å². The van der Waals surface area contributed by atoms with Crippen LogP contribution in [0.15, 0.2) is 36.8 Å². The van der Waals surface area contributed by atoms with Crippen molar-refractivity contribution in [3.63, 3.8) is 0 Å². The summed E-state index contributed by atoms with van der Waals surface area (Å²) in [6, 6.07) is 5.87. The van der Waals surface area contributed by atoms with E-state index in [2.05, 4.69) is 10.1 Å². The zero-order valence-electron chi connectivity index (χ0n) is 14.4. The Hall–Kier alpha value is -2.21. The maximum Gasteiger partial charge on any atom is 0.272 e. The minimum Gasteiger partial charge on any atom is -0.376 e. The fraction of sp³-hybridized carbons (Fsp3) is 0.526. The average Bonchev–Trinajstić information content (AvgIpc) is 3.42. The summed E-state index contributed by atoms with van der Waals surface area (Å²) in [5, 5.41) is 4.24. The van der Waals surface area contributed by atoms with E-state index in [9.17, 15) is 4.79 Å². The third-order valence-electron chi connectivity index (χ3n) is 5.18. The molecule has 132 valence electrons. The highest BCUT2D eigenvalue weighted by Crippen LogP contribution is 2.27. The predicted molar refractivity (Wildman–Crippen MR) is 93.6 cm³/mol. The van der Waals surface area contributed by atoms with Gasteiger partial charge in [-0.15, -0.1) is 0 Å². The Morgan fingerprint density at radius 1 is 1.24 bits per heavy atom. The number of amides is 1. The first-order chi connectivity index (χ1) is 12.3. The summed E-state index contributed by atoms with van der Waals surface area (Å²) in [5.41, 5.74) is 1.34. The molecule has 1 saturated carbocycles. The van der Waals surface area contributed by atoms with Crippen molar-refractivity contribution < 1.29 is 9.53 Å². The number of pyridine rings is 1. The van der Waals surface area contributed by atoms with E-state index in [0.717, 1.165) is 38.0 Å². The van der Waals surface area contributed by atoms with Crippen LogP contribution in [0.4, 0.5) is 0 Å². The summed E-state index contributed by atoms with van der Waals surface area (Å²) < 4.78 is 7.53. The average molecular weight is 340 g/mol. The van der Waals surface area contributed by atoms with Crippen LogP contribution in [0.3, 0.4) is 0 Å². The summed E-state index contributed by atoms with van der Waals surface area (Å²) in [5.74, 6) is 0.0106. The third-order valence-corrected chi connectivity index (χ3v) is 5.18. The third kappa shape index (κ3) is 3.58. The summed E-state index contributed by atoms with van der Waals surface area (Å²) in [4.78, 5) is 19.6. The van der Waals surface area contributed by atoms with Crippen molar-refractivity contribution in [2.75, 3.05) is 13.2 Å². The standard InChI is InChI=1S/C19H24N4O2/c24-19(18-13-16(8-10-20-18)23-11-4-9-21-23)22(15-5-1-2-6-15)14-17-7-3-12-25-17/h4,8-11,13,15,17H,1-3,5-7,12,14H2/t17-/m0/s1. The second kappa shape index (κ2) is 7.35. The molecule has 2 aliphatic rings. The van der Waals surface area contributed by atoms with Crippen molar-refractivity contribution >= 4 is 5.91 Å². The molecule has 2 aromatic heterocycles. The highest BCUT2D eigenvalue weighted by atomic mass is 16.5. The van der Waals surface area contributed by atoms with Gasteiger partial charge in [0.25, 0.3) is 5.91 Å². The molecule has 4 rings (SSSR count). The molecule has 1 saturated heterocycles. The largest absolute Gasteiger partial charge is 0.376 e. The van der Waals surface area contributed by atoms with Crippen LogP contribution in [-0.2, 0) is 4.74 Å². The molecule has 1 aliphatic heterocycles. The van der Waals surface area contributed by atoms with Crippen molar-refractivity contribution in [3.05, 3.63) is 42.5 Å². The van der Waals surface area contributed by atoms with Crippen LogP contribution in [0.25, 0.3) is 5.69 Å². The summed E-state index contributed by atoms with van der Waals surface area (Å²) in [6.45, 7) is 1.49. The lowest BCUT2D eigenvalue weighted by Gasteiger charge is -2.31. The molecule has 0 unspecified atom stereocenters. The summed E-state index contributed by atoms with van der Waals surface area (Å²) >= 11 is 0. The van der Waals surface area contributed by atoms with E-state index in [1.807, 2.05) is 29.3 Å².